The largest absolute Gasteiger partial charge is 0.573 e. The molecule has 0 radical (unpaired) electrons. The van der Waals surface area contributed by atoms with Crippen LogP contribution in [0.3, 0.4) is 0 Å². The van der Waals surface area contributed by atoms with Crippen LogP contribution in [0.1, 0.15) is 16.1 Å². The highest BCUT2D eigenvalue weighted by molar-refractivity contribution is 6.05. The number of aromatic amines is 1. The lowest BCUT2D eigenvalue weighted by molar-refractivity contribution is -0.274. The first-order valence-electron chi connectivity index (χ1n) is 5.21. The molecule has 0 fully saturated rings. The zero-order valence-electron chi connectivity index (χ0n) is 9.76. The zero-order valence-corrected chi connectivity index (χ0v) is 9.76. The number of carboxylic acid groups (broad SMARTS) is 1. The summed E-state index contributed by atoms with van der Waals surface area (Å²) in [6, 6.07) is 2.23. The summed E-state index contributed by atoms with van der Waals surface area (Å²) >= 11 is 0. The Morgan fingerprint density at radius 3 is 2.24 bits per heavy atom. The molecule has 21 heavy (non-hydrogen) atoms. The first kappa shape index (κ1) is 15.0. The van der Waals surface area contributed by atoms with E-state index in [1.54, 1.807) is 0 Å². The van der Waals surface area contributed by atoms with Crippen molar-refractivity contribution in [2.24, 2.45) is 0 Å². The van der Waals surface area contributed by atoms with Crippen molar-refractivity contribution >= 4 is 16.9 Å². The lowest BCUT2D eigenvalue weighted by Crippen LogP contribution is -2.17. The van der Waals surface area contributed by atoms with Gasteiger partial charge in [-0.2, -0.15) is 13.2 Å². The Hall–Kier alpha value is -2.39. The van der Waals surface area contributed by atoms with Crippen LogP contribution < -0.4 is 4.74 Å². The molecule has 1 aromatic carbocycles. The number of rotatable bonds is 2. The number of carbonyl (C=O) groups is 1. The van der Waals surface area contributed by atoms with E-state index in [0.717, 1.165) is 12.1 Å². The maximum Gasteiger partial charge on any atom is 0.573 e. The fraction of sp³-hybridized carbons (Fsp3) is 0.182. The van der Waals surface area contributed by atoms with Crippen molar-refractivity contribution in [2.75, 3.05) is 0 Å². The Bertz CT molecular complexity index is 700. The van der Waals surface area contributed by atoms with Crippen LogP contribution in [0.15, 0.2) is 18.2 Å². The van der Waals surface area contributed by atoms with E-state index in [-0.39, 0.29) is 5.52 Å². The Balaban J connectivity index is 2.66. The molecule has 114 valence electrons. The molecule has 0 aliphatic carbocycles. The van der Waals surface area contributed by atoms with Gasteiger partial charge in [0.15, 0.2) is 0 Å². The van der Waals surface area contributed by atoms with Crippen molar-refractivity contribution in [3.8, 4) is 5.75 Å². The summed E-state index contributed by atoms with van der Waals surface area (Å²) < 4.78 is 77.9. The summed E-state index contributed by atoms with van der Waals surface area (Å²) in [5.74, 6) is -2.73. The van der Waals surface area contributed by atoms with Crippen LogP contribution in [0.5, 0.6) is 5.75 Å². The number of aromatic carboxylic acids is 1. The minimum atomic E-state index is -5.04. The van der Waals surface area contributed by atoms with Gasteiger partial charge in [0.2, 0.25) is 0 Å². The Morgan fingerprint density at radius 2 is 1.76 bits per heavy atom. The fourth-order valence-corrected chi connectivity index (χ4v) is 1.80. The van der Waals surface area contributed by atoms with Gasteiger partial charge in [0.1, 0.15) is 11.4 Å². The molecule has 0 saturated carbocycles. The summed E-state index contributed by atoms with van der Waals surface area (Å²) in [6.07, 6.45) is -10.0. The van der Waals surface area contributed by atoms with Gasteiger partial charge in [-0.3, -0.25) is 0 Å². The molecule has 10 heteroatoms. The highest BCUT2D eigenvalue weighted by atomic mass is 19.4. The highest BCUT2D eigenvalue weighted by Gasteiger charge is 2.39. The van der Waals surface area contributed by atoms with Crippen molar-refractivity contribution in [1.82, 2.24) is 4.98 Å². The maximum absolute atomic E-state index is 12.7. The number of halogens is 6. The molecule has 0 bridgehead atoms. The molecule has 0 spiro atoms. The number of nitrogens with one attached hydrogen (secondary N) is 1. The van der Waals surface area contributed by atoms with Gasteiger partial charge < -0.3 is 14.8 Å². The van der Waals surface area contributed by atoms with Gasteiger partial charge in [-0.05, 0) is 18.2 Å². The van der Waals surface area contributed by atoms with E-state index in [1.165, 1.54) is 0 Å². The second-order valence-electron chi connectivity index (χ2n) is 3.93. The fourth-order valence-electron chi connectivity index (χ4n) is 1.80. The Labute approximate surface area is 111 Å². The third kappa shape index (κ3) is 3.03. The number of fused-ring (bicyclic) bond motifs is 1. The first-order valence-corrected chi connectivity index (χ1v) is 5.21. The van der Waals surface area contributed by atoms with E-state index < -0.39 is 40.9 Å². The Kier molecular flexibility index (Phi) is 3.27. The number of H-pyrrole nitrogens is 1. The minimum Gasteiger partial charge on any atom is -0.478 e. The van der Waals surface area contributed by atoms with Crippen LogP contribution in [-0.4, -0.2) is 22.4 Å². The lowest BCUT2D eigenvalue weighted by atomic mass is 10.1. The molecule has 2 aromatic rings. The molecule has 0 aliphatic heterocycles. The average molecular weight is 313 g/mol. The molecule has 0 aliphatic rings. The SMILES string of the molecule is O=C(O)c1c(C(F)(F)F)[nH]c2ccc(OC(F)(F)F)cc12. The molecule has 1 heterocycles. The second kappa shape index (κ2) is 4.57. The molecule has 0 saturated heterocycles. The normalized spacial score (nSPS) is 12.7. The van der Waals surface area contributed by atoms with Gasteiger partial charge in [0.25, 0.3) is 0 Å². The van der Waals surface area contributed by atoms with Crippen LogP contribution in [0.2, 0.25) is 0 Å². The van der Waals surface area contributed by atoms with Crippen LogP contribution in [-0.2, 0) is 6.18 Å². The summed E-state index contributed by atoms with van der Waals surface area (Å²) in [7, 11) is 0. The lowest BCUT2D eigenvalue weighted by Gasteiger charge is -2.08. The van der Waals surface area contributed by atoms with Crippen molar-refractivity contribution in [3.05, 3.63) is 29.5 Å². The number of ether oxygens (including phenoxy) is 1. The van der Waals surface area contributed by atoms with E-state index in [4.69, 9.17) is 5.11 Å². The Morgan fingerprint density at radius 1 is 1.14 bits per heavy atom. The summed E-state index contributed by atoms with van der Waals surface area (Å²) in [6.45, 7) is 0. The summed E-state index contributed by atoms with van der Waals surface area (Å²) in [5, 5.41) is 8.33. The smallest absolute Gasteiger partial charge is 0.478 e. The van der Waals surface area contributed by atoms with Gasteiger partial charge in [0, 0.05) is 10.9 Å². The molecule has 0 atom stereocenters. The predicted molar refractivity (Wildman–Crippen MR) is 56.9 cm³/mol. The molecule has 0 amide bonds. The van der Waals surface area contributed by atoms with Crippen LogP contribution in [0.25, 0.3) is 10.9 Å². The number of aromatic nitrogens is 1. The van der Waals surface area contributed by atoms with Gasteiger partial charge >= 0.3 is 18.5 Å². The monoisotopic (exact) mass is 313 g/mol. The number of carboxylic acids is 1. The topological polar surface area (TPSA) is 62.3 Å². The average Bonchev–Trinajstić information content (AvgIpc) is 2.64. The maximum atomic E-state index is 12.7. The summed E-state index contributed by atoms with van der Waals surface area (Å²) in [4.78, 5) is 12.8. The molecular weight excluding hydrogens is 308 g/mol. The van der Waals surface area contributed by atoms with E-state index in [1.807, 2.05) is 4.98 Å². The van der Waals surface area contributed by atoms with Gasteiger partial charge in [0.05, 0.1) is 5.56 Å². The molecule has 4 nitrogen and oxygen atoms in total. The summed E-state index contributed by atoms with van der Waals surface area (Å²) in [5.41, 5.74) is -2.98. The number of alkyl halides is 6. The molecular formula is C11H5F6NO3. The minimum absolute atomic E-state index is 0.269. The van der Waals surface area contributed by atoms with Crippen LogP contribution in [0, 0.1) is 0 Å². The van der Waals surface area contributed by atoms with Crippen molar-refractivity contribution in [3.63, 3.8) is 0 Å². The standard InChI is InChI=1S/C11H5F6NO3/c12-10(13,14)8-7(9(19)20)5-3-4(21-11(15,16)17)1-2-6(5)18-8/h1-3,18H,(H,19,20). The third-order valence-electron chi connectivity index (χ3n) is 2.50. The van der Waals surface area contributed by atoms with E-state index in [2.05, 4.69) is 4.74 Å². The van der Waals surface area contributed by atoms with Crippen LogP contribution >= 0.6 is 0 Å². The van der Waals surface area contributed by atoms with Crippen molar-refractivity contribution < 1.29 is 41.0 Å². The zero-order chi connectivity index (χ0) is 16.0. The number of hydrogen-bond donors (Lipinski definition) is 2. The van der Waals surface area contributed by atoms with E-state index >= 15 is 0 Å². The van der Waals surface area contributed by atoms with Gasteiger partial charge in [-0.25, -0.2) is 4.79 Å². The highest BCUT2D eigenvalue weighted by Crippen LogP contribution is 2.37. The molecule has 0 unspecified atom stereocenters. The quantitative estimate of drug-likeness (QED) is 0.829. The van der Waals surface area contributed by atoms with E-state index in [0.29, 0.717) is 6.07 Å². The molecule has 1 aromatic heterocycles. The third-order valence-corrected chi connectivity index (χ3v) is 2.50. The number of benzene rings is 1. The molecule has 2 N–H and O–H groups in total. The second-order valence-corrected chi connectivity index (χ2v) is 3.93. The van der Waals surface area contributed by atoms with Gasteiger partial charge in [-0.1, -0.05) is 0 Å². The van der Waals surface area contributed by atoms with Gasteiger partial charge in [-0.15, -0.1) is 13.2 Å². The predicted octanol–water partition coefficient (Wildman–Crippen LogP) is 3.78. The molecule has 2 rings (SSSR count). The van der Waals surface area contributed by atoms with Crippen LogP contribution in [0.4, 0.5) is 26.3 Å². The van der Waals surface area contributed by atoms with E-state index in [9.17, 15) is 31.1 Å². The van der Waals surface area contributed by atoms with Crippen molar-refractivity contribution in [2.45, 2.75) is 12.5 Å². The van der Waals surface area contributed by atoms with Crippen molar-refractivity contribution in [1.29, 1.82) is 0 Å². The number of hydrogen-bond acceptors (Lipinski definition) is 2. The first-order chi connectivity index (χ1) is 9.49.